The number of hydrogen-bond donors (Lipinski definition) is 1. The number of hydrogen-bond acceptors (Lipinski definition) is 1. The molecule has 1 N–H and O–H groups in total. The quantitative estimate of drug-likeness (QED) is 0.794. The molecule has 2 amide bonds. The second-order valence-electron chi connectivity index (χ2n) is 6.11. The van der Waals surface area contributed by atoms with E-state index >= 15 is 0 Å². The van der Waals surface area contributed by atoms with Crippen LogP contribution in [0.3, 0.4) is 0 Å². The molecular weight excluding hydrogens is 308 g/mol. The molecule has 0 bridgehead atoms. The van der Waals surface area contributed by atoms with E-state index in [4.69, 9.17) is 11.6 Å². The van der Waals surface area contributed by atoms with Gasteiger partial charge in [-0.25, -0.2) is 4.79 Å². The summed E-state index contributed by atoms with van der Waals surface area (Å²) in [6, 6.07) is 14.1. The molecule has 4 heteroatoms. The minimum absolute atomic E-state index is 0.0561. The third-order valence-electron chi connectivity index (χ3n) is 4.45. The van der Waals surface area contributed by atoms with Crippen LogP contribution in [0.5, 0.6) is 0 Å². The van der Waals surface area contributed by atoms with E-state index in [1.807, 2.05) is 30.0 Å². The molecule has 0 aromatic heterocycles. The molecule has 1 aliphatic rings. The Kier molecular flexibility index (Phi) is 4.58. The van der Waals surface area contributed by atoms with Gasteiger partial charge in [-0.1, -0.05) is 47.5 Å². The number of likely N-dealkylation sites (tertiary alicyclic amines) is 1. The lowest BCUT2D eigenvalue weighted by Crippen LogP contribution is -2.34. The van der Waals surface area contributed by atoms with Crippen molar-refractivity contribution in [2.24, 2.45) is 0 Å². The number of carbonyl (C=O) groups excluding carboxylic acids is 1. The number of rotatable bonds is 2. The number of anilines is 1. The summed E-state index contributed by atoms with van der Waals surface area (Å²) in [6.45, 7) is 4.78. The smallest absolute Gasteiger partial charge is 0.317 e. The lowest BCUT2D eigenvalue weighted by atomic mass is 10.0. The molecule has 3 nitrogen and oxygen atoms in total. The number of nitrogens with zero attached hydrogens (tertiary/aromatic N) is 1. The SMILES string of the molecule is Cc1cccc([C@@H]2CCCN2C(=O)Nc2cccc(Cl)c2C)c1. The zero-order valence-corrected chi connectivity index (χ0v) is 14.2. The van der Waals surface area contributed by atoms with Crippen LogP contribution in [-0.4, -0.2) is 17.5 Å². The maximum absolute atomic E-state index is 12.7. The summed E-state index contributed by atoms with van der Waals surface area (Å²) in [6.07, 6.45) is 2.03. The highest BCUT2D eigenvalue weighted by Crippen LogP contribution is 2.33. The van der Waals surface area contributed by atoms with Crippen molar-refractivity contribution in [2.45, 2.75) is 32.7 Å². The molecule has 0 radical (unpaired) electrons. The molecule has 2 aromatic rings. The lowest BCUT2D eigenvalue weighted by molar-refractivity contribution is 0.207. The molecule has 2 aromatic carbocycles. The molecule has 1 heterocycles. The van der Waals surface area contributed by atoms with Crippen LogP contribution in [-0.2, 0) is 0 Å². The van der Waals surface area contributed by atoms with Gasteiger partial charge in [0.1, 0.15) is 0 Å². The number of amides is 2. The Hall–Kier alpha value is -2.00. The first-order chi connectivity index (χ1) is 11.1. The van der Waals surface area contributed by atoms with Gasteiger partial charge in [-0.2, -0.15) is 0 Å². The van der Waals surface area contributed by atoms with Crippen molar-refractivity contribution in [1.29, 1.82) is 0 Å². The Morgan fingerprint density at radius 3 is 2.78 bits per heavy atom. The fourth-order valence-corrected chi connectivity index (χ4v) is 3.34. The largest absolute Gasteiger partial charge is 0.322 e. The number of benzene rings is 2. The number of nitrogens with one attached hydrogen (secondary N) is 1. The van der Waals surface area contributed by atoms with Crippen molar-refractivity contribution in [3.63, 3.8) is 0 Å². The highest BCUT2D eigenvalue weighted by Gasteiger charge is 2.30. The Morgan fingerprint density at radius 2 is 2.00 bits per heavy atom. The van der Waals surface area contributed by atoms with Gasteiger partial charge < -0.3 is 10.2 Å². The highest BCUT2D eigenvalue weighted by atomic mass is 35.5. The van der Waals surface area contributed by atoms with Crippen LogP contribution in [0.1, 0.15) is 35.6 Å². The average molecular weight is 329 g/mol. The van der Waals surface area contributed by atoms with Crippen molar-refractivity contribution in [1.82, 2.24) is 4.90 Å². The van der Waals surface area contributed by atoms with Crippen LogP contribution in [0.4, 0.5) is 10.5 Å². The van der Waals surface area contributed by atoms with Crippen molar-refractivity contribution in [3.8, 4) is 0 Å². The maximum atomic E-state index is 12.7. The molecule has 1 saturated heterocycles. The number of halogens is 1. The van der Waals surface area contributed by atoms with Crippen molar-refractivity contribution < 1.29 is 4.79 Å². The van der Waals surface area contributed by atoms with Crippen LogP contribution in [0, 0.1) is 13.8 Å². The summed E-state index contributed by atoms with van der Waals surface area (Å²) in [4.78, 5) is 14.6. The molecule has 1 atom stereocenters. The van der Waals surface area contributed by atoms with Gasteiger partial charge in [0.15, 0.2) is 0 Å². The molecule has 23 heavy (non-hydrogen) atoms. The van der Waals surface area contributed by atoms with Gasteiger partial charge in [0.05, 0.1) is 6.04 Å². The summed E-state index contributed by atoms with van der Waals surface area (Å²) in [5.74, 6) is 0. The Balaban J connectivity index is 1.80. The average Bonchev–Trinajstić information content (AvgIpc) is 3.01. The minimum atomic E-state index is -0.0561. The Labute approximate surface area is 142 Å². The highest BCUT2D eigenvalue weighted by molar-refractivity contribution is 6.31. The van der Waals surface area contributed by atoms with Crippen molar-refractivity contribution >= 4 is 23.3 Å². The first-order valence-corrected chi connectivity index (χ1v) is 8.33. The zero-order chi connectivity index (χ0) is 16.4. The molecule has 0 unspecified atom stereocenters. The van der Waals surface area contributed by atoms with Gasteiger partial charge in [-0.3, -0.25) is 0 Å². The van der Waals surface area contributed by atoms with Gasteiger partial charge in [-0.05, 0) is 49.9 Å². The Bertz CT molecular complexity index is 729. The van der Waals surface area contributed by atoms with E-state index in [1.54, 1.807) is 0 Å². The monoisotopic (exact) mass is 328 g/mol. The second kappa shape index (κ2) is 6.63. The molecule has 120 valence electrons. The van der Waals surface area contributed by atoms with E-state index in [0.29, 0.717) is 5.02 Å². The summed E-state index contributed by atoms with van der Waals surface area (Å²) in [5.41, 5.74) is 4.10. The third-order valence-corrected chi connectivity index (χ3v) is 4.86. The maximum Gasteiger partial charge on any atom is 0.322 e. The van der Waals surface area contributed by atoms with Gasteiger partial charge in [-0.15, -0.1) is 0 Å². The van der Waals surface area contributed by atoms with E-state index in [-0.39, 0.29) is 12.1 Å². The minimum Gasteiger partial charge on any atom is -0.317 e. The van der Waals surface area contributed by atoms with Gasteiger partial charge in [0.2, 0.25) is 0 Å². The predicted molar refractivity (Wildman–Crippen MR) is 95.1 cm³/mol. The predicted octanol–water partition coefficient (Wildman–Crippen LogP) is 5.33. The number of carbonyl (C=O) groups is 1. The standard InChI is InChI=1S/C19H21ClN2O/c1-13-6-3-7-15(12-13)18-10-5-11-22(18)19(23)21-17-9-4-8-16(20)14(17)2/h3-4,6-9,12,18H,5,10-11H2,1-2H3,(H,21,23)/t18-/m0/s1. The van der Waals surface area contributed by atoms with Crippen molar-refractivity contribution in [2.75, 3.05) is 11.9 Å². The summed E-state index contributed by atoms with van der Waals surface area (Å²) in [7, 11) is 0. The molecule has 0 aliphatic carbocycles. The van der Waals surface area contributed by atoms with E-state index in [2.05, 4.69) is 36.5 Å². The fraction of sp³-hybridized carbons (Fsp3) is 0.316. The van der Waals surface area contributed by atoms with Crippen LogP contribution in [0.15, 0.2) is 42.5 Å². The molecule has 3 rings (SSSR count). The normalized spacial score (nSPS) is 17.3. The van der Waals surface area contributed by atoms with Gasteiger partial charge in [0, 0.05) is 17.3 Å². The van der Waals surface area contributed by atoms with Crippen molar-refractivity contribution in [3.05, 3.63) is 64.2 Å². The molecule has 1 aliphatic heterocycles. The van der Waals surface area contributed by atoms with E-state index in [9.17, 15) is 4.79 Å². The van der Waals surface area contributed by atoms with E-state index < -0.39 is 0 Å². The van der Waals surface area contributed by atoms with Crippen LogP contribution < -0.4 is 5.32 Å². The van der Waals surface area contributed by atoms with Gasteiger partial charge in [0.25, 0.3) is 0 Å². The van der Waals surface area contributed by atoms with Crippen LogP contribution in [0.2, 0.25) is 5.02 Å². The topological polar surface area (TPSA) is 32.3 Å². The Morgan fingerprint density at radius 1 is 1.22 bits per heavy atom. The second-order valence-corrected chi connectivity index (χ2v) is 6.52. The van der Waals surface area contributed by atoms with Crippen LogP contribution in [0.25, 0.3) is 0 Å². The summed E-state index contributed by atoms with van der Waals surface area (Å²) < 4.78 is 0. The molecule has 0 spiro atoms. The fourth-order valence-electron chi connectivity index (χ4n) is 3.16. The van der Waals surface area contributed by atoms with E-state index in [1.165, 1.54) is 11.1 Å². The molecular formula is C19H21ClN2O. The summed E-state index contributed by atoms with van der Waals surface area (Å²) in [5, 5.41) is 3.68. The molecule has 1 fully saturated rings. The van der Waals surface area contributed by atoms with E-state index in [0.717, 1.165) is 30.6 Å². The first kappa shape index (κ1) is 15.9. The zero-order valence-electron chi connectivity index (χ0n) is 13.5. The third kappa shape index (κ3) is 3.35. The first-order valence-electron chi connectivity index (χ1n) is 7.95. The number of aryl methyl sites for hydroxylation is 1. The molecule has 0 saturated carbocycles. The lowest BCUT2D eigenvalue weighted by Gasteiger charge is -2.26. The van der Waals surface area contributed by atoms with Gasteiger partial charge >= 0.3 is 6.03 Å². The summed E-state index contributed by atoms with van der Waals surface area (Å²) >= 11 is 6.13. The van der Waals surface area contributed by atoms with Crippen LogP contribution >= 0.6 is 11.6 Å². The number of urea groups is 1.